The van der Waals surface area contributed by atoms with E-state index in [9.17, 15) is 0 Å². The molecule has 5 heteroatoms. The number of fused-ring (bicyclic) bond motifs is 2. The topological polar surface area (TPSA) is 38.2 Å². The van der Waals surface area contributed by atoms with Crippen molar-refractivity contribution in [2.45, 2.75) is 25.9 Å². The molecule has 0 saturated heterocycles. The van der Waals surface area contributed by atoms with Crippen molar-refractivity contribution >= 4 is 21.6 Å². The zero-order valence-electron chi connectivity index (χ0n) is 15.7. The second-order valence-electron chi connectivity index (χ2n) is 7.20. The van der Waals surface area contributed by atoms with Gasteiger partial charge in [-0.15, -0.1) is 11.3 Å². The van der Waals surface area contributed by atoms with E-state index in [0.717, 1.165) is 36.5 Å². The molecule has 1 aliphatic heterocycles. The molecule has 0 saturated carbocycles. The molecule has 140 valence electrons. The summed E-state index contributed by atoms with van der Waals surface area (Å²) < 4.78 is 7.19. The van der Waals surface area contributed by atoms with E-state index in [1.165, 1.54) is 21.4 Å². The van der Waals surface area contributed by atoms with Crippen molar-refractivity contribution < 1.29 is 4.74 Å². The second kappa shape index (κ2) is 7.34. The highest BCUT2D eigenvalue weighted by Gasteiger charge is 2.22. The third kappa shape index (κ3) is 3.39. The van der Waals surface area contributed by atoms with Crippen molar-refractivity contribution in [3.05, 3.63) is 83.1 Å². The molecule has 2 aromatic carbocycles. The van der Waals surface area contributed by atoms with Crippen LogP contribution in [0.25, 0.3) is 10.2 Å². The van der Waals surface area contributed by atoms with Crippen molar-refractivity contribution in [2.75, 3.05) is 6.54 Å². The molecule has 0 bridgehead atoms. The largest absolute Gasteiger partial charge is 0.456 e. The van der Waals surface area contributed by atoms with Gasteiger partial charge in [0.1, 0.15) is 11.5 Å². The smallest absolute Gasteiger partial charge is 0.145 e. The lowest BCUT2D eigenvalue weighted by Gasteiger charge is -2.34. The van der Waals surface area contributed by atoms with Crippen LogP contribution in [-0.2, 0) is 13.0 Å². The first-order valence-corrected chi connectivity index (χ1v) is 10.4. The molecule has 0 radical (unpaired) electrons. The highest BCUT2D eigenvalue weighted by atomic mass is 32.1. The SMILES string of the molecule is CC(c1ccc2scnc2c1)N1CCc2cc(Oc3cccnc3)ccc2C1. The molecule has 1 aliphatic rings. The predicted octanol–water partition coefficient (Wildman–Crippen LogP) is 5.60. The van der Waals surface area contributed by atoms with Gasteiger partial charge in [0.2, 0.25) is 0 Å². The highest BCUT2D eigenvalue weighted by molar-refractivity contribution is 7.16. The average Bonchev–Trinajstić information content (AvgIpc) is 3.21. The second-order valence-corrected chi connectivity index (χ2v) is 8.08. The third-order valence-corrected chi connectivity index (χ3v) is 6.28. The standard InChI is InChI=1S/C23H21N3OS/c1-16(17-5-7-23-22(12-17)25-15-28-23)26-10-8-18-11-20(6-4-19(18)14-26)27-21-3-2-9-24-13-21/h2-7,9,11-13,15-16H,8,10,14H2,1H3. The monoisotopic (exact) mass is 387 g/mol. The molecule has 0 fully saturated rings. The minimum Gasteiger partial charge on any atom is -0.456 e. The van der Waals surface area contributed by atoms with Crippen LogP contribution in [0.4, 0.5) is 0 Å². The van der Waals surface area contributed by atoms with Crippen LogP contribution in [0.3, 0.4) is 0 Å². The van der Waals surface area contributed by atoms with E-state index >= 15 is 0 Å². The minimum absolute atomic E-state index is 0.366. The molecule has 2 aromatic heterocycles. The van der Waals surface area contributed by atoms with Gasteiger partial charge in [0, 0.05) is 25.3 Å². The van der Waals surface area contributed by atoms with Crippen molar-refractivity contribution in [1.29, 1.82) is 0 Å². The molecular weight excluding hydrogens is 366 g/mol. The molecule has 0 amide bonds. The van der Waals surface area contributed by atoms with Crippen molar-refractivity contribution in [2.24, 2.45) is 0 Å². The summed E-state index contributed by atoms with van der Waals surface area (Å²) >= 11 is 1.70. The molecule has 1 atom stereocenters. The Morgan fingerprint density at radius 3 is 2.93 bits per heavy atom. The van der Waals surface area contributed by atoms with Gasteiger partial charge in [-0.1, -0.05) is 12.1 Å². The van der Waals surface area contributed by atoms with Gasteiger partial charge in [0.25, 0.3) is 0 Å². The number of rotatable bonds is 4. The van der Waals surface area contributed by atoms with Gasteiger partial charge in [-0.2, -0.15) is 0 Å². The molecule has 1 unspecified atom stereocenters. The van der Waals surface area contributed by atoms with Gasteiger partial charge in [-0.25, -0.2) is 4.98 Å². The van der Waals surface area contributed by atoms with Crippen molar-refractivity contribution in [3.63, 3.8) is 0 Å². The van der Waals surface area contributed by atoms with Crippen molar-refractivity contribution in [1.82, 2.24) is 14.9 Å². The summed E-state index contributed by atoms with van der Waals surface area (Å²) in [6, 6.07) is 17.3. The highest BCUT2D eigenvalue weighted by Crippen LogP contribution is 2.32. The Bertz CT molecular complexity index is 1110. The number of hydrogen-bond acceptors (Lipinski definition) is 5. The maximum atomic E-state index is 5.94. The van der Waals surface area contributed by atoms with Crippen LogP contribution < -0.4 is 4.74 Å². The molecule has 28 heavy (non-hydrogen) atoms. The predicted molar refractivity (Wildman–Crippen MR) is 113 cm³/mol. The van der Waals surface area contributed by atoms with Gasteiger partial charge in [-0.05, 0) is 66.4 Å². The van der Waals surface area contributed by atoms with Crippen LogP contribution in [0, 0.1) is 0 Å². The van der Waals surface area contributed by atoms with Crippen LogP contribution in [0.1, 0.15) is 29.7 Å². The first-order valence-electron chi connectivity index (χ1n) is 9.53. The lowest BCUT2D eigenvalue weighted by atomic mass is 9.96. The summed E-state index contributed by atoms with van der Waals surface area (Å²) in [5, 5.41) is 0. The van der Waals surface area contributed by atoms with Gasteiger partial charge >= 0.3 is 0 Å². The maximum Gasteiger partial charge on any atom is 0.145 e. The first-order chi connectivity index (χ1) is 13.8. The Labute approximate surface area is 168 Å². The fraction of sp³-hybridized carbons (Fsp3) is 0.217. The Kier molecular flexibility index (Phi) is 4.55. The van der Waals surface area contributed by atoms with E-state index in [4.69, 9.17) is 4.74 Å². The lowest BCUT2D eigenvalue weighted by molar-refractivity contribution is 0.192. The number of hydrogen-bond donors (Lipinski definition) is 0. The summed E-state index contributed by atoms with van der Waals surface area (Å²) in [6.45, 7) is 4.29. The third-order valence-electron chi connectivity index (χ3n) is 5.47. The fourth-order valence-electron chi connectivity index (χ4n) is 3.83. The molecule has 4 nitrogen and oxygen atoms in total. The van der Waals surface area contributed by atoms with Gasteiger partial charge < -0.3 is 4.74 Å². The molecule has 4 aromatic rings. The molecule has 0 spiro atoms. The average molecular weight is 388 g/mol. The van der Waals surface area contributed by atoms with Gasteiger partial charge in [0.05, 0.1) is 21.9 Å². The Hall–Kier alpha value is -2.76. The van der Waals surface area contributed by atoms with Gasteiger partial charge in [0.15, 0.2) is 0 Å². The summed E-state index contributed by atoms with van der Waals surface area (Å²) in [7, 11) is 0. The number of benzene rings is 2. The van der Waals surface area contributed by atoms with Crippen LogP contribution >= 0.6 is 11.3 Å². The molecule has 5 rings (SSSR count). The van der Waals surface area contributed by atoms with Crippen LogP contribution in [-0.4, -0.2) is 21.4 Å². The number of pyridine rings is 1. The lowest BCUT2D eigenvalue weighted by Crippen LogP contribution is -2.32. The maximum absolute atomic E-state index is 5.94. The molecule has 0 N–H and O–H groups in total. The summed E-state index contributed by atoms with van der Waals surface area (Å²) in [5.41, 5.74) is 7.11. The molecular formula is C23H21N3OS. The van der Waals surface area contributed by atoms with Crippen LogP contribution in [0.15, 0.2) is 66.4 Å². The first kappa shape index (κ1) is 17.3. The quantitative estimate of drug-likeness (QED) is 0.457. The Morgan fingerprint density at radius 1 is 1.07 bits per heavy atom. The Morgan fingerprint density at radius 2 is 2.04 bits per heavy atom. The normalized spacial score (nSPS) is 15.3. The van der Waals surface area contributed by atoms with Gasteiger partial charge in [-0.3, -0.25) is 9.88 Å². The van der Waals surface area contributed by atoms with Crippen molar-refractivity contribution in [3.8, 4) is 11.5 Å². The molecule has 3 heterocycles. The van der Waals surface area contributed by atoms with E-state index in [1.807, 2.05) is 17.6 Å². The van der Waals surface area contributed by atoms with Crippen LogP contribution in [0.5, 0.6) is 11.5 Å². The zero-order valence-corrected chi connectivity index (χ0v) is 16.5. The zero-order chi connectivity index (χ0) is 18.9. The number of aromatic nitrogens is 2. The van der Waals surface area contributed by atoms with E-state index < -0.39 is 0 Å². The summed E-state index contributed by atoms with van der Waals surface area (Å²) in [6.07, 6.45) is 4.52. The van der Waals surface area contributed by atoms with E-state index in [2.05, 4.69) is 58.2 Å². The number of nitrogens with zero attached hydrogens (tertiary/aromatic N) is 3. The summed E-state index contributed by atoms with van der Waals surface area (Å²) in [4.78, 5) is 11.1. The Balaban J connectivity index is 1.33. The minimum atomic E-state index is 0.366. The van der Waals surface area contributed by atoms with Crippen LogP contribution in [0.2, 0.25) is 0 Å². The van der Waals surface area contributed by atoms with E-state index in [1.54, 1.807) is 23.7 Å². The fourth-order valence-corrected chi connectivity index (χ4v) is 4.49. The number of ether oxygens (including phenoxy) is 1. The molecule has 0 aliphatic carbocycles. The van der Waals surface area contributed by atoms with E-state index in [0.29, 0.717) is 6.04 Å². The van der Waals surface area contributed by atoms with E-state index in [-0.39, 0.29) is 0 Å². The number of thiazole rings is 1. The summed E-state index contributed by atoms with van der Waals surface area (Å²) in [5.74, 6) is 1.65.